The number of rotatable bonds is 6. The molecule has 1 heterocycles. The number of nitrogens with zero attached hydrogens (tertiary/aromatic N) is 2. The van der Waals surface area contributed by atoms with E-state index in [4.69, 9.17) is 16.3 Å². The van der Waals surface area contributed by atoms with Crippen LogP contribution < -0.4 is 4.74 Å². The van der Waals surface area contributed by atoms with Crippen LogP contribution in [-0.2, 0) is 10.0 Å². The third-order valence-corrected chi connectivity index (χ3v) is 6.38. The molecule has 0 aliphatic carbocycles. The van der Waals surface area contributed by atoms with Crippen molar-refractivity contribution in [3.8, 4) is 5.75 Å². The number of hydrogen-bond donors (Lipinski definition) is 0. The zero-order chi connectivity index (χ0) is 18.6. The Bertz CT molecular complexity index is 838. The van der Waals surface area contributed by atoms with Crippen LogP contribution >= 0.6 is 11.6 Å². The summed E-state index contributed by atoms with van der Waals surface area (Å²) in [5, 5.41) is 0.405. The van der Waals surface area contributed by atoms with Crippen molar-refractivity contribution >= 4 is 21.6 Å². The lowest BCUT2D eigenvalue weighted by molar-refractivity contribution is 0.159. The molecule has 140 valence electrons. The van der Waals surface area contributed by atoms with Crippen LogP contribution in [0, 0.1) is 5.82 Å². The third-order valence-electron chi connectivity index (χ3n) is 4.25. The number of sulfonamides is 1. The van der Waals surface area contributed by atoms with Crippen molar-refractivity contribution < 1.29 is 17.5 Å². The molecule has 3 rings (SSSR count). The lowest BCUT2D eigenvalue weighted by Gasteiger charge is -2.33. The highest BCUT2D eigenvalue weighted by molar-refractivity contribution is 7.89. The molecule has 1 aliphatic heterocycles. The van der Waals surface area contributed by atoms with E-state index in [9.17, 15) is 12.8 Å². The van der Waals surface area contributed by atoms with Crippen molar-refractivity contribution in [1.82, 2.24) is 9.21 Å². The molecule has 0 saturated carbocycles. The maximum Gasteiger partial charge on any atom is 0.243 e. The van der Waals surface area contributed by atoms with Crippen LogP contribution in [0.4, 0.5) is 4.39 Å². The van der Waals surface area contributed by atoms with Gasteiger partial charge in [-0.25, -0.2) is 12.8 Å². The zero-order valence-corrected chi connectivity index (χ0v) is 15.7. The van der Waals surface area contributed by atoms with E-state index in [0.717, 1.165) is 0 Å². The van der Waals surface area contributed by atoms with Crippen molar-refractivity contribution in [2.75, 3.05) is 39.3 Å². The largest absolute Gasteiger partial charge is 0.492 e. The first kappa shape index (κ1) is 19.1. The van der Waals surface area contributed by atoms with Gasteiger partial charge in [0.2, 0.25) is 10.0 Å². The molecular weight excluding hydrogens is 379 g/mol. The minimum Gasteiger partial charge on any atom is -0.492 e. The molecule has 8 heteroatoms. The quantitative estimate of drug-likeness (QED) is 0.750. The lowest BCUT2D eigenvalue weighted by Crippen LogP contribution is -2.49. The molecule has 0 N–H and O–H groups in total. The molecule has 2 aromatic carbocycles. The second-order valence-corrected chi connectivity index (χ2v) is 8.38. The Morgan fingerprint density at radius 3 is 2.38 bits per heavy atom. The van der Waals surface area contributed by atoms with Crippen molar-refractivity contribution in [3.05, 3.63) is 59.4 Å². The van der Waals surface area contributed by atoms with E-state index in [1.165, 1.54) is 22.5 Å². The van der Waals surface area contributed by atoms with Gasteiger partial charge >= 0.3 is 0 Å². The van der Waals surface area contributed by atoms with Crippen molar-refractivity contribution in [3.63, 3.8) is 0 Å². The molecule has 0 atom stereocenters. The zero-order valence-electron chi connectivity index (χ0n) is 14.1. The number of ether oxygens (including phenoxy) is 1. The molecule has 0 unspecified atom stereocenters. The minimum absolute atomic E-state index is 0.220. The van der Waals surface area contributed by atoms with E-state index >= 15 is 0 Å². The predicted molar refractivity (Wildman–Crippen MR) is 98.5 cm³/mol. The highest BCUT2D eigenvalue weighted by Gasteiger charge is 2.28. The molecule has 1 saturated heterocycles. The monoisotopic (exact) mass is 398 g/mol. The Labute approximate surface area is 158 Å². The van der Waals surface area contributed by atoms with Gasteiger partial charge in [0.1, 0.15) is 18.2 Å². The normalized spacial score (nSPS) is 16.5. The summed E-state index contributed by atoms with van der Waals surface area (Å²) in [5.41, 5.74) is 0. The summed E-state index contributed by atoms with van der Waals surface area (Å²) in [6.45, 7) is 3.26. The summed E-state index contributed by atoms with van der Waals surface area (Å²) in [7, 11) is -3.52. The number of benzene rings is 2. The summed E-state index contributed by atoms with van der Waals surface area (Å²) >= 11 is 5.90. The summed E-state index contributed by atoms with van der Waals surface area (Å²) < 4.78 is 45.3. The molecule has 2 aromatic rings. The number of piperazine rings is 1. The Balaban J connectivity index is 1.48. The highest BCUT2D eigenvalue weighted by Crippen LogP contribution is 2.21. The smallest absolute Gasteiger partial charge is 0.243 e. The standard InChI is InChI=1S/C18H20ClFN2O3S/c19-15-2-1-3-18(14-15)26(23,24)22-10-8-21(9-11-22)12-13-25-17-6-4-16(20)5-7-17/h1-7,14H,8-13H2. The van der Waals surface area contributed by atoms with E-state index in [1.807, 2.05) is 0 Å². The van der Waals surface area contributed by atoms with Gasteiger partial charge in [-0.15, -0.1) is 0 Å². The topological polar surface area (TPSA) is 49.9 Å². The Kier molecular flexibility index (Phi) is 6.13. The summed E-state index contributed by atoms with van der Waals surface area (Å²) in [4.78, 5) is 2.37. The lowest BCUT2D eigenvalue weighted by atomic mass is 10.3. The number of hydrogen-bond acceptors (Lipinski definition) is 4. The van der Waals surface area contributed by atoms with E-state index in [-0.39, 0.29) is 10.7 Å². The Morgan fingerprint density at radius 2 is 1.73 bits per heavy atom. The summed E-state index contributed by atoms with van der Waals surface area (Å²) in [6, 6.07) is 12.2. The van der Waals surface area contributed by atoms with Crippen molar-refractivity contribution in [2.45, 2.75) is 4.90 Å². The van der Waals surface area contributed by atoms with Gasteiger partial charge in [-0.1, -0.05) is 17.7 Å². The van der Waals surface area contributed by atoms with Gasteiger partial charge in [0.15, 0.2) is 0 Å². The molecule has 26 heavy (non-hydrogen) atoms. The van der Waals surface area contributed by atoms with Gasteiger partial charge in [0.05, 0.1) is 4.90 Å². The van der Waals surface area contributed by atoms with Gasteiger partial charge in [-0.2, -0.15) is 4.31 Å². The van der Waals surface area contributed by atoms with Gasteiger partial charge < -0.3 is 4.74 Å². The third kappa shape index (κ3) is 4.73. The SMILES string of the molecule is O=S(=O)(c1cccc(Cl)c1)N1CCN(CCOc2ccc(F)cc2)CC1. The second kappa shape index (κ2) is 8.35. The molecule has 0 radical (unpaired) electrons. The first-order chi connectivity index (χ1) is 12.4. The first-order valence-corrected chi connectivity index (χ1v) is 10.1. The number of halogens is 2. The minimum atomic E-state index is -3.52. The van der Waals surface area contributed by atoms with Gasteiger partial charge in [0.25, 0.3) is 0 Å². The van der Waals surface area contributed by atoms with Crippen LogP contribution in [0.25, 0.3) is 0 Å². The fourth-order valence-electron chi connectivity index (χ4n) is 2.79. The van der Waals surface area contributed by atoms with Crippen LogP contribution in [0.5, 0.6) is 5.75 Å². The summed E-state index contributed by atoms with van der Waals surface area (Å²) in [6.07, 6.45) is 0. The van der Waals surface area contributed by atoms with Crippen LogP contribution in [0.1, 0.15) is 0 Å². The highest BCUT2D eigenvalue weighted by atomic mass is 35.5. The van der Waals surface area contributed by atoms with E-state index in [1.54, 1.807) is 30.3 Å². The Morgan fingerprint density at radius 1 is 1.04 bits per heavy atom. The summed E-state index contributed by atoms with van der Waals surface area (Å²) in [5.74, 6) is 0.322. The average Bonchev–Trinajstić information content (AvgIpc) is 2.64. The predicted octanol–water partition coefficient (Wildman–Crippen LogP) is 2.86. The molecule has 0 spiro atoms. The van der Waals surface area contributed by atoms with Gasteiger partial charge in [-0.3, -0.25) is 4.90 Å². The maximum absolute atomic E-state index is 12.9. The fraction of sp³-hybridized carbons (Fsp3) is 0.333. The molecule has 0 aromatic heterocycles. The molecular formula is C18H20ClFN2O3S. The maximum atomic E-state index is 12.9. The van der Waals surface area contributed by atoms with E-state index in [0.29, 0.717) is 50.1 Å². The van der Waals surface area contributed by atoms with Crippen LogP contribution in [0.2, 0.25) is 5.02 Å². The Hall–Kier alpha value is -1.67. The van der Waals surface area contributed by atoms with Crippen LogP contribution in [0.15, 0.2) is 53.4 Å². The van der Waals surface area contributed by atoms with Gasteiger partial charge in [-0.05, 0) is 42.5 Å². The molecule has 5 nitrogen and oxygen atoms in total. The molecule has 1 aliphatic rings. The van der Waals surface area contributed by atoms with Crippen LogP contribution in [0.3, 0.4) is 0 Å². The molecule has 0 bridgehead atoms. The molecule has 0 amide bonds. The molecule has 1 fully saturated rings. The van der Waals surface area contributed by atoms with E-state index < -0.39 is 10.0 Å². The van der Waals surface area contributed by atoms with Crippen LogP contribution in [-0.4, -0.2) is 57.0 Å². The van der Waals surface area contributed by atoms with Gasteiger partial charge in [0, 0.05) is 37.7 Å². The first-order valence-electron chi connectivity index (χ1n) is 8.31. The fourth-order valence-corrected chi connectivity index (χ4v) is 4.52. The van der Waals surface area contributed by atoms with Crippen molar-refractivity contribution in [2.24, 2.45) is 0 Å². The van der Waals surface area contributed by atoms with Crippen molar-refractivity contribution in [1.29, 1.82) is 0 Å². The van der Waals surface area contributed by atoms with E-state index in [2.05, 4.69) is 4.90 Å². The second-order valence-electron chi connectivity index (χ2n) is 6.01. The average molecular weight is 399 g/mol.